The maximum Gasteiger partial charge on any atom is 0.141 e. The first-order chi connectivity index (χ1) is 14.7. The fraction of sp³-hybridized carbons (Fsp3) is 0.148. The quantitative estimate of drug-likeness (QED) is 0.365. The topological polar surface area (TPSA) is 33.6 Å². The average Bonchev–Trinajstić information content (AvgIpc) is 3.33. The van der Waals surface area contributed by atoms with Gasteiger partial charge in [0, 0.05) is 28.6 Å². The van der Waals surface area contributed by atoms with E-state index in [-0.39, 0.29) is 0 Å². The largest absolute Gasteiger partial charge is 0.353 e. The highest BCUT2D eigenvalue weighted by Crippen LogP contribution is 2.42. The van der Waals surface area contributed by atoms with E-state index in [0.29, 0.717) is 0 Å². The summed E-state index contributed by atoms with van der Waals surface area (Å²) in [5, 5.41) is 1.33. The van der Waals surface area contributed by atoms with Crippen molar-refractivity contribution in [3.05, 3.63) is 89.5 Å². The first-order valence-electron chi connectivity index (χ1n) is 10.5. The predicted octanol–water partition coefficient (Wildman–Crippen LogP) is 6.54. The molecule has 1 aliphatic rings. The Morgan fingerprint density at radius 2 is 1.47 bits per heavy atom. The Morgan fingerprint density at radius 3 is 2.20 bits per heavy atom. The highest BCUT2D eigenvalue weighted by Gasteiger charge is 2.28. The number of hydrogen-bond acceptors (Lipinski definition) is 1. The van der Waals surface area contributed by atoms with E-state index in [1.165, 1.54) is 44.5 Å². The molecule has 1 aliphatic heterocycles. The van der Waals surface area contributed by atoms with E-state index in [1.807, 2.05) is 0 Å². The summed E-state index contributed by atoms with van der Waals surface area (Å²) < 4.78 is 2.40. The second-order valence-corrected chi connectivity index (χ2v) is 8.29. The van der Waals surface area contributed by atoms with Gasteiger partial charge < -0.3 is 9.55 Å². The number of rotatable bonds is 2. The zero-order valence-electron chi connectivity index (χ0n) is 17.2. The number of nitrogens with zero attached hydrogens (tertiary/aromatic N) is 2. The van der Waals surface area contributed by atoms with Crippen molar-refractivity contribution in [2.75, 3.05) is 0 Å². The number of nitrogens with one attached hydrogen (secondary N) is 1. The van der Waals surface area contributed by atoms with Gasteiger partial charge in [0.05, 0.1) is 17.1 Å². The molecule has 0 fully saturated rings. The van der Waals surface area contributed by atoms with E-state index in [1.54, 1.807) is 0 Å². The monoisotopic (exact) mass is 389 g/mol. The fourth-order valence-electron chi connectivity index (χ4n) is 4.65. The van der Waals surface area contributed by atoms with E-state index >= 15 is 0 Å². The lowest BCUT2D eigenvalue weighted by Gasteiger charge is -2.19. The van der Waals surface area contributed by atoms with E-state index in [4.69, 9.17) is 4.98 Å². The van der Waals surface area contributed by atoms with Gasteiger partial charge in [-0.25, -0.2) is 4.98 Å². The Hall–Kier alpha value is -3.59. The lowest BCUT2D eigenvalue weighted by molar-refractivity contribution is 0.693. The number of aromatic nitrogens is 3. The highest BCUT2D eigenvalue weighted by molar-refractivity contribution is 5.94. The molecule has 0 unspecified atom stereocenters. The molecule has 3 nitrogen and oxygen atoms in total. The van der Waals surface area contributed by atoms with Gasteiger partial charge in [-0.15, -0.1) is 0 Å². The summed E-state index contributed by atoms with van der Waals surface area (Å²) in [4.78, 5) is 8.91. The Balaban J connectivity index is 1.65. The summed E-state index contributed by atoms with van der Waals surface area (Å²) in [5.41, 5.74) is 10.9. The molecule has 30 heavy (non-hydrogen) atoms. The van der Waals surface area contributed by atoms with Gasteiger partial charge in [-0.1, -0.05) is 77.9 Å². The van der Waals surface area contributed by atoms with Crippen molar-refractivity contribution in [1.29, 1.82) is 0 Å². The molecule has 3 heterocycles. The van der Waals surface area contributed by atoms with Crippen molar-refractivity contribution >= 4 is 10.9 Å². The van der Waals surface area contributed by atoms with Crippen molar-refractivity contribution in [2.24, 2.45) is 0 Å². The van der Waals surface area contributed by atoms with E-state index < -0.39 is 0 Å². The van der Waals surface area contributed by atoms with Crippen molar-refractivity contribution < 1.29 is 0 Å². The summed E-state index contributed by atoms with van der Waals surface area (Å²) in [6.45, 7) is 5.19. The molecule has 5 aromatic rings. The third kappa shape index (κ3) is 2.55. The third-order valence-electron chi connectivity index (χ3n) is 6.24. The molecular formula is C27H23N3. The minimum atomic E-state index is 0.937. The van der Waals surface area contributed by atoms with Gasteiger partial charge >= 0.3 is 0 Å². The molecule has 3 heteroatoms. The Labute approximate surface area is 176 Å². The maximum absolute atomic E-state index is 5.20. The lowest BCUT2D eigenvalue weighted by Crippen LogP contribution is -2.11. The van der Waals surface area contributed by atoms with Crippen molar-refractivity contribution in [3.8, 4) is 34.0 Å². The van der Waals surface area contributed by atoms with Crippen molar-refractivity contribution in [1.82, 2.24) is 14.5 Å². The van der Waals surface area contributed by atoms with Crippen LogP contribution in [0.5, 0.6) is 0 Å². The number of aromatic amines is 1. The normalized spacial score (nSPS) is 12.7. The molecule has 6 rings (SSSR count). The first-order valence-corrected chi connectivity index (χ1v) is 10.5. The molecular weight excluding hydrogens is 366 g/mol. The highest BCUT2D eigenvalue weighted by atomic mass is 15.1. The SMILES string of the molecule is Cc1ccc(-c2nc(-c3ccc(C)cc3)n3c2-c2[nH]c4ccccc4c2CC3)cc1. The second-order valence-electron chi connectivity index (χ2n) is 8.29. The molecule has 0 bridgehead atoms. The average molecular weight is 390 g/mol. The number of hydrogen-bond donors (Lipinski definition) is 1. The Kier molecular flexibility index (Phi) is 3.72. The third-order valence-corrected chi connectivity index (χ3v) is 6.24. The van der Waals surface area contributed by atoms with E-state index in [0.717, 1.165) is 30.0 Å². The summed E-state index contributed by atoms with van der Waals surface area (Å²) in [6.07, 6.45) is 1.01. The molecule has 0 saturated carbocycles. The zero-order chi connectivity index (χ0) is 20.2. The lowest BCUT2D eigenvalue weighted by atomic mass is 9.99. The molecule has 0 saturated heterocycles. The van der Waals surface area contributed by atoms with Crippen LogP contribution in [-0.4, -0.2) is 14.5 Å². The van der Waals surface area contributed by atoms with Crippen LogP contribution in [-0.2, 0) is 13.0 Å². The van der Waals surface area contributed by atoms with Gasteiger partial charge in [0.1, 0.15) is 5.82 Å². The molecule has 1 N–H and O–H groups in total. The molecule has 2 aromatic heterocycles. The van der Waals surface area contributed by atoms with Crippen LogP contribution in [0.3, 0.4) is 0 Å². The van der Waals surface area contributed by atoms with Gasteiger partial charge in [0.25, 0.3) is 0 Å². The number of imidazole rings is 1. The summed E-state index contributed by atoms with van der Waals surface area (Å²) in [5.74, 6) is 1.05. The molecule has 0 atom stereocenters. The number of para-hydroxylation sites is 1. The van der Waals surface area contributed by atoms with Gasteiger partial charge in [-0.2, -0.15) is 0 Å². The van der Waals surface area contributed by atoms with Crippen LogP contribution >= 0.6 is 0 Å². The minimum absolute atomic E-state index is 0.937. The number of aryl methyl sites for hydroxylation is 3. The smallest absolute Gasteiger partial charge is 0.141 e. The first kappa shape index (κ1) is 17.3. The van der Waals surface area contributed by atoms with Crippen LogP contribution in [0.2, 0.25) is 0 Å². The van der Waals surface area contributed by atoms with E-state index in [2.05, 4.69) is 96.2 Å². The zero-order valence-corrected chi connectivity index (χ0v) is 17.2. The molecule has 0 spiro atoms. The minimum Gasteiger partial charge on any atom is -0.353 e. The molecule has 0 amide bonds. The summed E-state index contributed by atoms with van der Waals surface area (Å²) in [6, 6.07) is 26.0. The van der Waals surface area contributed by atoms with Crippen molar-refractivity contribution in [2.45, 2.75) is 26.8 Å². The van der Waals surface area contributed by atoms with Crippen LogP contribution in [0.25, 0.3) is 44.9 Å². The summed E-state index contributed by atoms with van der Waals surface area (Å²) >= 11 is 0. The van der Waals surface area contributed by atoms with Crippen LogP contribution in [0, 0.1) is 13.8 Å². The van der Waals surface area contributed by atoms with E-state index in [9.17, 15) is 0 Å². The van der Waals surface area contributed by atoms with Gasteiger partial charge in [0.15, 0.2) is 0 Å². The van der Waals surface area contributed by atoms with Crippen LogP contribution in [0.1, 0.15) is 16.7 Å². The number of fused-ring (bicyclic) bond motifs is 5. The Bertz CT molecular complexity index is 1380. The van der Waals surface area contributed by atoms with Crippen LogP contribution in [0.15, 0.2) is 72.8 Å². The molecule has 146 valence electrons. The van der Waals surface area contributed by atoms with Gasteiger partial charge in [-0.3, -0.25) is 0 Å². The maximum atomic E-state index is 5.20. The van der Waals surface area contributed by atoms with Crippen LogP contribution < -0.4 is 0 Å². The van der Waals surface area contributed by atoms with Crippen LogP contribution in [0.4, 0.5) is 0 Å². The molecule has 3 aromatic carbocycles. The van der Waals surface area contributed by atoms with Crippen molar-refractivity contribution in [3.63, 3.8) is 0 Å². The van der Waals surface area contributed by atoms with Gasteiger partial charge in [0.2, 0.25) is 0 Å². The predicted molar refractivity (Wildman–Crippen MR) is 124 cm³/mol. The molecule has 0 aliphatic carbocycles. The second kappa shape index (κ2) is 6.46. The summed E-state index contributed by atoms with van der Waals surface area (Å²) in [7, 11) is 0. The number of H-pyrrole nitrogens is 1. The number of benzene rings is 3. The standard InChI is InChI=1S/C27H23N3/c1-17-7-11-19(12-8-17)24-26-25-22(21-5-3-4-6-23(21)28-25)15-16-30(26)27(29-24)20-13-9-18(2)10-14-20/h3-14,28H,15-16H2,1-2H3. The molecule has 0 radical (unpaired) electrons. The van der Waals surface area contributed by atoms with Gasteiger partial charge in [-0.05, 0) is 31.9 Å². The fourth-order valence-corrected chi connectivity index (χ4v) is 4.65. The Morgan fingerprint density at radius 1 is 0.800 bits per heavy atom.